The molecule has 0 aliphatic carbocycles. The van der Waals surface area contributed by atoms with Crippen LogP contribution in [0.5, 0.6) is 0 Å². The molecule has 1 amide bonds. The summed E-state index contributed by atoms with van der Waals surface area (Å²) in [7, 11) is 0. The van der Waals surface area contributed by atoms with Gasteiger partial charge in [0.1, 0.15) is 12.2 Å². The van der Waals surface area contributed by atoms with E-state index in [9.17, 15) is 9.59 Å². The number of carboxylic acid groups (broad SMARTS) is 1. The monoisotopic (exact) mass is 224 g/mol. The van der Waals surface area contributed by atoms with Crippen LogP contribution in [0, 0.1) is 0 Å². The zero-order chi connectivity index (χ0) is 12.3. The topological polar surface area (TPSA) is 71.3 Å². The van der Waals surface area contributed by atoms with Gasteiger partial charge in [-0.25, -0.2) is 0 Å². The van der Waals surface area contributed by atoms with Gasteiger partial charge in [0, 0.05) is 11.7 Å². The zero-order valence-electron chi connectivity index (χ0n) is 9.65. The second-order valence-corrected chi connectivity index (χ2v) is 4.62. The highest BCUT2D eigenvalue weighted by Crippen LogP contribution is 2.06. The Bertz CT molecular complexity index is 402. The molecule has 5 heteroatoms. The number of carboxylic acids is 1. The highest BCUT2D eigenvalue weighted by molar-refractivity contribution is 5.93. The van der Waals surface area contributed by atoms with Gasteiger partial charge in [0.05, 0.1) is 0 Å². The van der Waals surface area contributed by atoms with Crippen molar-refractivity contribution >= 4 is 11.9 Å². The number of carbonyl (C=O) groups is 2. The van der Waals surface area contributed by atoms with Crippen LogP contribution in [0.15, 0.2) is 18.3 Å². The van der Waals surface area contributed by atoms with Crippen LogP contribution in [0.1, 0.15) is 31.3 Å². The van der Waals surface area contributed by atoms with Crippen molar-refractivity contribution < 1.29 is 14.7 Å². The second kappa shape index (κ2) is 4.38. The first-order valence-corrected chi connectivity index (χ1v) is 4.99. The molecule has 5 nitrogen and oxygen atoms in total. The van der Waals surface area contributed by atoms with E-state index in [1.165, 1.54) is 4.57 Å². The van der Waals surface area contributed by atoms with Gasteiger partial charge >= 0.3 is 5.97 Å². The molecule has 0 unspecified atom stereocenters. The summed E-state index contributed by atoms with van der Waals surface area (Å²) in [5.41, 5.74) is 0.0207. The first-order valence-electron chi connectivity index (χ1n) is 4.99. The summed E-state index contributed by atoms with van der Waals surface area (Å²) in [5.74, 6) is -1.24. The smallest absolute Gasteiger partial charge is 0.323 e. The molecule has 0 saturated carbocycles. The minimum atomic E-state index is -0.971. The van der Waals surface area contributed by atoms with E-state index < -0.39 is 5.97 Å². The standard InChI is InChI=1S/C11H16N2O3/c1-11(2,3)12-10(16)8-5-4-6-13(8)7-9(14)15/h4-6H,7H2,1-3H3,(H,12,16)(H,14,15). The normalized spacial score (nSPS) is 11.2. The van der Waals surface area contributed by atoms with E-state index in [1.54, 1.807) is 18.3 Å². The third-order valence-electron chi connectivity index (χ3n) is 1.86. The molecular weight excluding hydrogens is 208 g/mol. The number of nitrogens with zero attached hydrogens (tertiary/aromatic N) is 1. The number of aliphatic carboxylic acids is 1. The predicted molar refractivity (Wildman–Crippen MR) is 59.3 cm³/mol. The number of amides is 1. The van der Waals surface area contributed by atoms with Crippen molar-refractivity contribution in [3.8, 4) is 0 Å². The average Bonchev–Trinajstić information content (AvgIpc) is 2.47. The molecule has 1 rings (SSSR count). The van der Waals surface area contributed by atoms with Crippen LogP contribution < -0.4 is 5.32 Å². The van der Waals surface area contributed by atoms with Crippen molar-refractivity contribution in [1.82, 2.24) is 9.88 Å². The van der Waals surface area contributed by atoms with Gasteiger partial charge < -0.3 is 15.0 Å². The Labute approximate surface area is 94.1 Å². The number of rotatable bonds is 3. The van der Waals surface area contributed by atoms with Crippen LogP contribution in [0.3, 0.4) is 0 Å². The van der Waals surface area contributed by atoms with Crippen LogP contribution >= 0.6 is 0 Å². The molecule has 0 atom stereocenters. The molecule has 0 aliphatic heterocycles. The minimum absolute atomic E-state index is 0.208. The van der Waals surface area contributed by atoms with Crippen LogP contribution in [0.2, 0.25) is 0 Å². The number of hydrogen-bond donors (Lipinski definition) is 2. The molecule has 16 heavy (non-hydrogen) atoms. The van der Waals surface area contributed by atoms with Crippen molar-refractivity contribution in [2.24, 2.45) is 0 Å². The maximum atomic E-state index is 11.8. The molecule has 0 saturated heterocycles. The third kappa shape index (κ3) is 3.42. The van der Waals surface area contributed by atoms with Gasteiger partial charge in [0.25, 0.3) is 5.91 Å². The van der Waals surface area contributed by atoms with E-state index in [0.29, 0.717) is 5.69 Å². The molecular formula is C11H16N2O3. The van der Waals surface area contributed by atoms with Crippen LogP contribution in [0.25, 0.3) is 0 Å². The largest absolute Gasteiger partial charge is 0.480 e. The molecule has 0 aliphatic rings. The Kier molecular flexibility index (Phi) is 3.37. The van der Waals surface area contributed by atoms with E-state index in [0.717, 1.165) is 0 Å². The summed E-state index contributed by atoms with van der Waals surface area (Å²) in [4.78, 5) is 22.4. The molecule has 1 heterocycles. The van der Waals surface area contributed by atoms with E-state index in [-0.39, 0.29) is 18.0 Å². The van der Waals surface area contributed by atoms with E-state index in [2.05, 4.69) is 5.32 Å². The number of carbonyl (C=O) groups excluding carboxylic acids is 1. The summed E-state index contributed by atoms with van der Waals surface area (Å²) in [6.07, 6.45) is 1.58. The molecule has 0 fully saturated rings. The van der Waals surface area contributed by atoms with Crippen molar-refractivity contribution in [2.75, 3.05) is 0 Å². The van der Waals surface area contributed by atoms with Gasteiger partial charge in [0.15, 0.2) is 0 Å². The fourth-order valence-electron chi connectivity index (χ4n) is 1.31. The predicted octanol–water partition coefficient (Wildman–Crippen LogP) is 1.10. The molecule has 0 aromatic carbocycles. The van der Waals surface area contributed by atoms with Crippen molar-refractivity contribution in [1.29, 1.82) is 0 Å². The van der Waals surface area contributed by atoms with Crippen molar-refractivity contribution in [2.45, 2.75) is 32.9 Å². The zero-order valence-corrected chi connectivity index (χ0v) is 9.65. The molecule has 0 bridgehead atoms. The molecule has 2 N–H and O–H groups in total. The van der Waals surface area contributed by atoms with Gasteiger partial charge in [-0.3, -0.25) is 9.59 Å². The first kappa shape index (κ1) is 12.3. The van der Waals surface area contributed by atoms with Gasteiger partial charge in [-0.05, 0) is 32.9 Å². The summed E-state index contributed by atoms with van der Waals surface area (Å²) in [5, 5.41) is 11.5. The Morgan fingerprint density at radius 3 is 2.56 bits per heavy atom. The van der Waals surface area contributed by atoms with Crippen LogP contribution in [-0.4, -0.2) is 27.1 Å². The van der Waals surface area contributed by atoms with E-state index in [1.807, 2.05) is 20.8 Å². The lowest BCUT2D eigenvalue weighted by Crippen LogP contribution is -2.41. The Balaban J connectivity index is 2.84. The molecule has 0 radical (unpaired) electrons. The van der Waals surface area contributed by atoms with E-state index >= 15 is 0 Å². The van der Waals surface area contributed by atoms with Gasteiger partial charge in [-0.2, -0.15) is 0 Å². The van der Waals surface area contributed by atoms with Crippen LogP contribution in [-0.2, 0) is 11.3 Å². The van der Waals surface area contributed by atoms with Gasteiger partial charge in [-0.1, -0.05) is 0 Å². The second-order valence-electron chi connectivity index (χ2n) is 4.62. The summed E-state index contributed by atoms with van der Waals surface area (Å²) >= 11 is 0. The number of hydrogen-bond acceptors (Lipinski definition) is 2. The lowest BCUT2D eigenvalue weighted by Gasteiger charge is -2.20. The fourth-order valence-corrected chi connectivity index (χ4v) is 1.31. The molecule has 88 valence electrons. The SMILES string of the molecule is CC(C)(C)NC(=O)c1cccn1CC(=O)O. The lowest BCUT2D eigenvalue weighted by atomic mass is 10.1. The molecule has 1 aromatic heterocycles. The summed E-state index contributed by atoms with van der Waals surface area (Å²) < 4.78 is 1.41. The quantitative estimate of drug-likeness (QED) is 0.807. The summed E-state index contributed by atoms with van der Waals surface area (Å²) in [6, 6.07) is 3.25. The van der Waals surface area contributed by atoms with E-state index in [4.69, 9.17) is 5.11 Å². The van der Waals surface area contributed by atoms with Crippen molar-refractivity contribution in [3.63, 3.8) is 0 Å². The fraction of sp³-hybridized carbons (Fsp3) is 0.455. The first-order chi connectivity index (χ1) is 7.29. The Morgan fingerprint density at radius 2 is 2.06 bits per heavy atom. The van der Waals surface area contributed by atoms with Gasteiger partial charge in [-0.15, -0.1) is 0 Å². The average molecular weight is 224 g/mol. The molecule has 1 aromatic rings. The van der Waals surface area contributed by atoms with Gasteiger partial charge in [0.2, 0.25) is 0 Å². The number of nitrogens with one attached hydrogen (secondary N) is 1. The lowest BCUT2D eigenvalue weighted by molar-refractivity contribution is -0.137. The maximum Gasteiger partial charge on any atom is 0.323 e. The minimum Gasteiger partial charge on any atom is -0.480 e. The highest BCUT2D eigenvalue weighted by atomic mass is 16.4. The highest BCUT2D eigenvalue weighted by Gasteiger charge is 2.18. The summed E-state index contributed by atoms with van der Waals surface area (Å²) in [6.45, 7) is 5.40. The van der Waals surface area contributed by atoms with Crippen LogP contribution in [0.4, 0.5) is 0 Å². The Hall–Kier alpha value is -1.78. The Morgan fingerprint density at radius 1 is 1.44 bits per heavy atom. The molecule has 0 spiro atoms. The maximum absolute atomic E-state index is 11.8. The van der Waals surface area contributed by atoms with Crippen molar-refractivity contribution in [3.05, 3.63) is 24.0 Å². The third-order valence-corrected chi connectivity index (χ3v) is 1.86. The number of aromatic nitrogens is 1.